The predicted molar refractivity (Wildman–Crippen MR) is 54.1 cm³/mol. The molecule has 0 N–H and O–H groups in total. The molecular formula is C10H7ClN2. The lowest BCUT2D eigenvalue weighted by atomic mass is 10.3. The van der Waals surface area contributed by atoms with Crippen LogP contribution < -0.4 is 10.6 Å². The molecule has 0 aliphatic carbocycles. The van der Waals surface area contributed by atoms with Crippen molar-refractivity contribution < 1.29 is 0 Å². The lowest BCUT2D eigenvalue weighted by molar-refractivity contribution is 1.29. The first-order valence-electron chi connectivity index (χ1n) is 3.88. The Kier molecular flexibility index (Phi) is 2.23. The Bertz CT molecular complexity index is 486. The summed E-state index contributed by atoms with van der Waals surface area (Å²) in [4.78, 5) is 8.25. The van der Waals surface area contributed by atoms with Crippen LogP contribution in [-0.4, -0.2) is 6.21 Å². The molecule has 0 atom stereocenters. The highest BCUT2D eigenvalue weighted by Crippen LogP contribution is 1.97. The van der Waals surface area contributed by atoms with Gasteiger partial charge in [0, 0.05) is 23.8 Å². The monoisotopic (exact) mass is 190 g/mol. The normalized spacial score (nSPS) is 14.4. The van der Waals surface area contributed by atoms with Crippen molar-refractivity contribution in [2.45, 2.75) is 0 Å². The second kappa shape index (κ2) is 3.54. The van der Waals surface area contributed by atoms with Crippen LogP contribution >= 0.6 is 11.6 Å². The highest BCUT2D eigenvalue weighted by atomic mass is 35.5. The van der Waals surface area contributed by atoms with Crippen LogP contribution in [0.3, 0.4) is 0 Å². The molecule has 1 aliphatic rings. The molecule has 0 spiro atoms. The van der Waals surface area contributed by atoms with Crippen LogP contribution in [0.4, 0.5) is 0 Å². The van der Waals surface area contributed by atoms with Gasteiger partial charge in [0.05, 0.1) is 10.4 Å². The third-order valence-electron chi connectivity index (χ3n) is 1.68. The van der Waals surface area contributed by atoms with Gasteiger partial charge in [0.15, 0.2) is 0 Å². The Morgan fingerprint density at radius 2 is 1.92 bits per heavy atom. The van der Waals surface area contributed by atoms with E-state index in [0.29, 0.717) is 5.03 Å². The fourth-order valence-electron chi connectivity index (χ4n) is 1.07. The lowest BCUT2D eigenvalue weighted by Gasteiger charge is -1.91. The van der Waals surface area contributed by atoms with Crippen LogP contribution in [0.2, 0.25) is 0 Å². The summed E-state index contributed by atoms with van der Waals surface area (Å²) < 4.78 is 0. The first-order chi connectivity index (χ1) is 6.36. The van der Waals surface area contributed by atoms with E-state index in [0.717, 1.165) is 10.6 Å². The molecule has 0 bridgehead atoms. The number of allylic oxidation sites excluding steroid dienone is 1. The average Bonchev–Trinajstić information content (AvgIpc) is 2.13. The molecule has 0 fully saturated rings. The van der Waals surface area contributed by atoms with Crippen LogP contribution in [-0.2, 0) is 0 Å². The van der Waals surface area contributed by atoms with Crippen LogP contribution in [0, 0.1) is 0 Å². The van der Waals surface area contributed by atoms with Crippen molar-refractivity contribution in [3.8, 4) is 0 Å². The molecule has 1 aromatic rings. The molecule has 2 nitrogen and oxygen atoms in total. The SMILES string of the molecule is ClC1=CN=c2ccccc2=CN=C1. The van der Waals surface area contributed by atoms with E-state index in [1.807, 2.05) is 24.3 Å². The number of aliphatic imine (C=N–C) groups is 1. The summed E-state index contributed by atoms with van der Waals surface area (Å²) in [6.45, 7) is 0. The molecule has 64 valence electrons. The number of nitrogens with zero attached hydrogens (tertiary/aromatic N) is 2. The largest absolute Gasteiger partial charge is 0.262 e. The highest BCUT2D eigenvalue weighted by Gasteiger charge is 1.88. The minimum absolute atomic E-state index is 0.533. The molecule has 0 saturated carbocycles. The summed E-state index contributed by atoms with van der Waals surface area (Å²) in [6.07, 6.45) is 4.91. The van der Waals surface area contributed by atoms with Crippen molar-refractivity contribution in [1.82, 2.24) is 0 Å². The maximum atomic E-state index is 5.76. The van der Waals surface area contributed by atoms with Crippen molar-refractivity contribution in [3.05, 3.63) is 46.1 Å². The van der Waals surface area contributed by atoms with Gasteiger partial charge in [0.25, 0.3) is 0 Å². The van der Waals surface area contributed by atoms with E-state index in [1.165, 1.54) is 0 Å². The first-order valence-corrected chi connectivity index (χ1v) is 4.26. The zero-order chi connectivity index (χ0) is 9.10. The van der Waals surface area contributed by atoms with Gasteiger partial charge >= 0.3 is 0 Å². The molecule has 13 heavy (non-hydrogen) atoms. The summed E-state index contributed by atoms with van der Waals surface area (Å²) in [5.74, 6) is 0. The second-order valence-corrected chi connectivity index (χ2v) is 3.05. The number of halogens is 1. The molecule has 0 aromatic heterocycles. The van der Waals surface area contributed by atoms with Gasteiger partial charge in [-0.2, -0.15) is 0 Å². The van der Waals surface area contributed by atoms with E-state index in [9.17, 15) is 0 Å². The number of fused-ring (bicyclic) bond motifs is 1. The van der Waals surface area contributed by atoms with Crippen LogP contribution in [0.5, 0.6) is 0 Å². The number of hydrogen-bond donors (Lipinski definition) is 0. The molecular weight excluding hydrogens is 184 g/mol. The van der Waals surface area contributed by atoms with E-state index in [1.54, 1.807) is 18.6 Å². The summed E-state index contributed by atoms with van der Waals surface area (Å²) in [6, 6.07) is 7.77. The molecule has 0 unspecified atom stereocenters. The Labute approximate surface area is 80.6 Å². The van der Waals surface area contributed by atoms with Crippen molar-refractivity contribution >= 4 is 24.0 Å². The van der Waals surface area contributed by atoms with Crippen molar-refractivity contribution in [2.75, 3.05) is 0 Å². The van der Waals surface area contributed by atoms with E-state index < -0.39 is 0 Å². The number of hydrogen-bond acceptors (Lipinski definition) is 2. The van der Waals surface area contributed by atoms with Gasteiger partial charge in [-0.3, -0.25) is 9.98 Å². The lowest BCUT2D eigenvalue weighted by Crippen LogP contribution is -2.23. The summed E-state index contributed by atoms with van der Waals surface area (Å²) in [5.41, 5.74) is 0. The number of para-hydroxylation sites is 1. The molecule has 0 amide bonds. The Balaban J connectivity index is 2.75. The van der Waals surface area contributed by atoms with E-state index in [4.69, 9.17) is 11.6 Å². The zero-order valence-electron chi connectivity index (χ0n) is 6.81. The third kappa shape index (κ3) is 1.84. The van der Waals surface area contributed by atoms with Gasteiger partial charge in [-0.25, -0.2) is 0 Å². The quantitative estimate of drug-likeness (QED) is 0.588. The zero-order valence-corrected chi connectivity index (χ0v) is 7.57. The van der Waals surface area contributed by atoms with Crippen LogP contribution in [0.25, 0.3) is 6.20 Å². The van der Waals surface area contributed by atoms with Gasteiger partial charge in [-0.15, -0.1) is 0 Å². The molecule has 0 saturated heterocycles. The minimum atomic E-state index is 0.533. The Morgan fingerprint density at radius 1 is 1.08 bits per heavy atom. The topological polar surface area (TPSA) is 24.7 Å². The molecule has 1 aliphatic heterocycles. The van der Waals surface area contributed by atoms with E-state index in [2.05, 4.69) is 9.98 Å². The van der Waals surface area contributed by atoms with Crippen molar-refractivity contribution in [3.63, 3.8) is 0 Å². The predicted octanol–water partition coefficient (Wildman–Crippen LogP) is 1.21. The standard InChI is InChI=1S/C10H7ClN2/c11-9-6-12-5-8-3-1-2-4-10(8)13-7-9/h1-7H. The van der Waals surface area contributed by atoms with Crippen molar-refractivity contribution in [1.29, 1.82) is 0 Å². The second-order valence-electron chi connectivity index (χ2n) is 2.61. The summed E-state index contributed by atoms with van der Waals surface area (Å²) in [5, 5.41) is 2.42. The van der Waals surface area contributed by atoms with Crippen LogP contribution in [0.1, 0.15) is 0 Å². The van der Waals surface area contributed by atoms with Gasteiger partial charge in [0.1, 0.15) is 0 Å². The smallest absolute Gasteiger partial charge is 0.0771 e. The van der Waals surface area contributed by atoms with E-state index >= 15 is 0 Å². The maximum Gasteiger partial charge on any atom is 0.0771 e. The number of benzene rings is 1. The Morgan fingerprint density at radius 3 is 2.85 bits per heavy atom. The maximum absolute atomic E-state index is 5.76. The van der Waals surface area contributed by atoms with Gasteiger partial charge < -0.3 is 0 Å². The molecule has 3 heteroatoms. The van der Waals surface area contributed by atoms with Gasteiger partial charge in [0.2, 0.25) is 0 Å². The minimum Gasteiger partial charge on any atom is -0.262 e. The van der Waals surface area contributed by atoms with Crippen LogP contribution in [0.15, 0.2) is 45.5 Å². The van der Waals surface area contributed by atoms with E-state index in [-0.39, 0.29) is 0 Å². The molecule has 1 heterocycles. The molecule has 0 radical (unpaired) electrons. The molecule has 2 rings (SSSR count). The number of rotatable bonds is 0. The summed E-state index contributed by atoms with van der Waals surface area (Å²) in [7, 11) is 0. The summed E-state index contributed by atoms with van der Waals surface area (Å²) >= 11 is 5.76. The first kappa shape index (κ1) is 8.20. The van der Waals surface area contributed by atoms with Crippen molar-refractivity contribution in [2.24, 2.45) is 9.98 Å². The highest BCUT2D eigenvalue weighted by molar-refractivity contribution is 6.39. The average molecular weight is 191 g/mol. The third-order valence-corrected chi connectivity index (χ3v) is 1.87. The Hall–Kier alpha value is -1.41. The molecule has 1 aromatic carbocycles. The fourth-order valence-corrected chi connectivity index (χ4v) is 1.17. The van der Waals surface area contributed by atoms with Gasteiger partial charge in [-0.05, 0) is 6.07 Å². The fraction of sp³-hybridized carbons (Fsp3) is 0. The van der Waals surface area contributed by atoms with Gasteiger partial charge in [-0.1, -0.05) is 29.8 Å².